The zero-order chi connectivity index (χ0) is 11.5. The predicted octanol–water partition coefficient (Wildman–Crippen LogP) is 0.702. The maximum Gasteiger partial charge on any atom is 0.237 e. The summed E-state index contributed by atoms with van der Waals surface area (Å²) in [4.78, 5) is 11.8. The molecule has 0 aliphatic carbocycles. The van der Waals surface area contributed by atoms with Gasteiger partial charge in [0.15, 0.2) is 0 Å². The van der Waals surface area contributed by atoms with Gasteiger partial charge in [-0.1, -0.05) is 0 Å². The number of amides is 1. The van der Waals surface area contributed by atoms with Gasteiger partial charge in [0.25, 0.3) is 0 Å². The van der Waals surface area contributed by atoms with Crippen LogP contribution in [0.15, 0.2) is 12.1 Å². The van der Waals surface area contributed by atoms with Crippen LogP contribution in [0.4, 0.5) is 0 Å². The molecule has 1 amide bonds. The maximum absolute atomic E-state index is 11.8. The van der Waals surface area contributed by atoms with E-state index in [0.29, 0.717) is 6.54 Å². The molecule has 1 aromatic rings. The number of nitrogens with zero attached hydrogens (tertiary/aromatic N) is 1. The van der Waals surface area contributed by atoms with Crippen molar-refractivity contribution in [1.29, 1.82) is 0 Å². The number of carbonyl (C=O) groups is 1. The van der Waals surface area contributed by atoms with Gasteiger partial charge in [0.1, 0.15) is 0 Å². The smallest absolute Gasteiger partial charge is 0.237 e. The van der Waals surface area contributed by atoms with Crippen LogP contribution in [-0.4, -0.2) is 23.1 Å². The highest BCUT2D eigenvalue weighted by Gasteiger charge is 2.21. The fourth-order valence-corrected chi connectivity index (χ4v) is 2.05. The van der Waals surface area contributed by atoms with Crippen molar-refractivity contribution < 1.29 is 4.79 Å². The van der Waals surface area contributed by atoms with Crippen molar-refractivity contribution in [2.45, 2.75) is 32.4 Å². The molecule has 16 heavy (non-hydrogen) atoms. The highest BCUT2D eigenvalue weighted by molar-refractivity contribution is 5.81. The molecule has 1 atom stereocenters. The van der Waals surface area contributed by atoms with Gasteiger partial charge in [-0.15, -0.1) is 0 Å². The van der Waals surface area contributed by atoms with Crippen LogP contribution in [0.3, 0.4) is 0 Å². The Balaban J connectivity index is 1.87. The van der Waals surface area contributed by atoms with E-state index >= 15 is 0 Å². The minimum atomic E-state index is 0.0152. The second-order valence-electron chi connectivity index (χ2n) is 4.39. The number of nitrogens with one attached hydrogen (secondary N) is 2. The summed E-state index contributed by atoms with van der Waals surface area (Å²) in [5.74, 6) is 0.122. The van der Waals surface area contributed by atoms with E-state index in [1.165, 1.54) is 5.69 Å². The third kappa shape index (κ3) is 2.27. The second-order valence-corrected chi connectivity index (χ2v) is 4.39. The molecule has 2 heterocycles. The van der Waals surface area contributed by atoms with Gasteiger partial charge in [0, 0.05) is 18.4 Å². The Morgan fingerprint density at radius 2 is 2.44 bits per heavy atom. The fourth-order valence-electron chi connectivity index (χ4n) is 2.05. The molecule has 1 fully saturated rings. The third-order valence-electron chi connectivity index (χ3n) is 3.30. The Morgan fingerprint density at radius 3 is 3.00 bits per heavy atom. The van der Waals surface area contributed by atoms with Crippen molar-refractivity contribution in [3.05, 3.63) is 23.5 Å². The zero-order valence-electron chi connectivity index (χ0n) is 9.92. The number of carbonyl (C=O) groups excluding carboxylic acids is 1. The highest BCUT2D eigenvalue weighted by atomic mass is 16.2. The average molecular weight is 221 g/mol. The van der Waals surface area contributed by atoms with E-state index in [1.807, 2.05) is 7.05 Å². The van der Waals surface area contributed by atoms with Gasteiger partial charge < -0.3 is 15.2 Å². The Morgan fingerprint density at radius 1 is 1.62 bits per heavy atom. The maximum atomic E-state index is 11.8. The van der Waals surface area contributed by atoms with E-state index < -0.39 is 0 Å². The molecule has 0 unspecified atom stereocenters. The van der Waals surface area contributed by atoms with Crippen LogP contribution in [0.2, 0.25) is 0 Å². The Bertz CT molecular complexity index is 378. The Hall–Kier alpha value is -1.29. The van der Waals surface area contributed by atoms with Crippen LogP contribution >= 0.6 is 0 Å². The second kappa shape index (κ2) is 4.70. The van der Waals surface area contributed by atoms with E-state index in [0.717, 1.165) is 25.1 Å². The quantitative estimate of drug-likeness (QED) is 0.789. The van der Waals surface area contributed by atoms with E-state index in [9.17, 15) is 4.79 Å². The van der Waals surface area contributed by atoms with Crippen LogP contribution < -0.4 is 10.6 Å². The molecular formula is C12H19N3O. The summed E-state index contributed by atoms with van der Waals surface area (Å²) < 4.78 is 2.10. The van der Waals surface area contributed by atoms with Crippen molar-refractivity contribution in [3.8, 4) is 0 Å². The van der Waals surface area contributed by atoms with Gasteiger partial charge in [-0.05, 0) is 38.4 Å². The first-order valence-corrected chi connectivity index (χ1v) is 5.81. The summed E-state index contributed by atoms with van der Waals surface area (Å²) in [6.45, 7) is 3.63. The molecular weight excluding hydrogens is 202 g/mol. The lowest BCUT2D eigenvalue weighted by Gasteiger charge is -2.11. The molecule has 2 N–H and O–H groups in total. The van der Waals surface area contributed by atoms with Crippen LogP contribution in [0.5, 0.6) is 0 Å². The van der Waals surface area contributed by atoms with Crippen LogP contribution in [0.25, 0.3) is 0 Å². The molecule has 2 rings (SSSR count). The number of aromatic nitrogens is 1. The summed E-state index contributed by atoms with van der Waals surface area (Å²) in [6, 6.07) is 4.13. The molecule has 1 saturated heterocycles. The largest absolute Gasteiger partial charge is 0.350 e. The molecule has 4 nitrogen and oxygen atoms in total. The molecule has 0 radical (unpaired) electrons. The molecule has 0 spiro atoms. The molecule has 88 valence electrons. The van der Waals surface area contributed by atoms with E-state index in [4.69, 9.17) is 0 Å². The first-order chi connectivity index (χ1) is 7.68. The van der Waals surface area contributed by atoms with Crippen LogP contribution in [-0.2, 0) is 18.4 Å². The lowest BCUT2D eigenvalue weighted by molar-refractivity contribution is -0.122. The summed E-state index contributed by atoms with van der Waals surface area (Å²) >= 11 is 0. The van der Waals surface area contributed by atoms with Crippen molar-refractivity contribution in [2.24, 2.45) is 7.05 Å². The van der Waals surface area contributed by atoms with E-state index in [2.05, 4.69) is 34.3 Å². The minimum Gasteiger partial charge on any atom is -0.350 e. The van der Waals surface area contributed by atoms with Crippen molar-refractivity contribution in [2.75, 3.05) is 6.54 Å². The number of rotatable bonds is 3. The van der Waals surface area contributed by atoms with Gasteiger partial charge >= 0.3 is 0 Å². The van der Waals surface area contributed by atoms with Crippen molar-refractivity contribution in [3.63, 3.8) is 0 Å². The summed E-state index contributed by atoms with van der Waals surface area (Å²) in [5, 5.41) is 6.17. The summed E-state index contributed by atoms with van der Waals surface area (Å²) in [7, 11) is 2.02. The molecule has 1 aromatic heterocycles. The minimum absolute atomic E-state index is 0.0152. The molecule has 1 aliphatic rings. The topological polar surface area (TPSA) is 46.1 Å². The average Bonchev–Trinajstić information content (AvgIpc) is 2.89. The predicted molar refractivity (Wildman–Crippen MR) is 63.0 cm³/mol. The lowest BCUT2D eigenvalue weighted by atomic mass is 10.2. The van der Waals surface area contributed by atoms with E-state index in [-0.39, 0.29) is 11.9 Å². The number of aryl methyl sites for hydroxylation is 1. The standard InChI is InChI=1S/C12H19N3O/c1-9-5-6-10(15(9)2)8-14-12(16)11-4-3-7-13-11/h5-6,11,13H,3-4,7-8H2,1-2H3,(H,14,16)/t11-/m0/s1. The number of hydrogen-bond donors (Lipinski definition) is 2. The molecule has 0 saturated carbocycles. The van der Waals surface area contributed by atoms with Gasteiger partial charge in [-0.3, -0.25) is 4.79 Å². The van der Waals surface area contributed by atoms with Crippen molar-refractivity contribution in [1.82, 2.24) is 15.2 Å². The molecule has 4 heteroatoms. The summed E-state index contributed by atoms with van der Waals surface area (Å²) in [5.41, 5.74) is 2.35. The van der Waals surface area contributed by atoms with Gasteiger partial charge in [-0.25, -0.2) is 0 Å². The van der Waals surface area contributed by atoms with E-state index in [1.54, 1.807) is 0 Å². The molecule has 1 aliphatic heterocycles. The summed E-state index contributed by atoms with van der Waals surface area (Å²) in [6.07, 6.45) is 2.05. The normalized spacial score (nSPS) is 20.0. The Kier molecular flexibility index (Phi) is 3.29. The monoisotopic (exact) mass is 221 g/mol. The highest BCUT2D eigenvalue weighted by Crippen LogP contribution is 2.07. The van der Waals surface area contributed by atoms with Gasteiger partial charge in [-0.2, -0.15) is 0 Å². The van der Waals surface area contributed by atoms with Gasteiger partial charge in [0.05, 0.1) is 12.6 Å². The van der Waals surface area contributed by atoms with Crippen molar-refractivity contribution >= 4 is 5.91 Å². The zero-order valence-corrected chi connectivity index (χ0v) is 9.92. The number of hydrogen-bond acceptors (Lipinski definition) is 2. The first kappa shape index (κ1) is 11.2. The van der Waals surface area contributed by atoms with Crippen LogP contribution in [0, 0.1) is 6.92 Å². The van der Waals surface area contributed by atoms with Crippen LogP contribution in [0.1, 0.15) is 24.2 Å². The van der Waals surface area contributed by atoms with Gasteiger partial charge in [0.2, 0.25) is 5.91 Å². The molecule has 0 aromatic carbocycles. The lowest BCUT2D eigenvalue weighted by Crippen LogP contribution is -2.40. The SMILES string of the molecule is Cc1ccc(CNC(=O)[C@@H]2CCCN2)n1C. The molecule has 0 bridgehead atoms. The fraction of sp³-hybridized carbons (Fsp3) is 0.583. The first-order valence-electron chi connectivity index (χ1n) is 5.81. The Labute approximate surface area is 96.0 Å². The third-order valence-corrected chi connectivity index (χ3v) is 3.30.